The van der Waals surface area contributed by atoms with Crippen molar-refractivity contribution in [3.8, 4) is 36.5 Å². The number of rotatable bonds is 0. The van der Waals surface area contributed by atoms with E-state index in [0.29, 0.717) is 0 Å². The first-order chi connectivity index (χ1) is 7.79. The Kier molecular flexibility index (Phi) is 4.27. The van der Waals surface area contributed by atoms with E-state index in [2.05, 4.69) is 46.6 Å². The van der Waals surface area contributed by atoms with Gasteiger partial charge in [0.15, 0.2) is 0 Å². The Hall–Kier alpha value is -2.63. The summed E-state index contributed by atoms with van der Waals surface area (Å²) in [6, 6.07) is 6.11. The molecule has 2 heteroatoms. The fraction of sp³-hybridized carbons (Fsp3) is 0.0714. The molecule has 0 bridgehead atoms. The highest BCUT2D eigenvalue weighted by Gasteiger charge is 1.95. The Labute approximate surface area is 95.1 Å². The summed E-state index contributed by atoms with van der Waals surface area (Å²) in [6.45, 7) is 2.06. The Balaban J connectivity index is 0.000000187. The molecule has 0 atom stereocenters. The van der Waals surface area contributed by atoms with Crippen LogP contribution < -0.4 is 0 Å². The zero-order chi connectivity index (χ0) is 11.8. The van der Waals surface area contributed by atoms with Crippen molar-refractivity contribution in [1.29, 1.82) is 0 Å². The molecule has 0 aliphatic carbocycles. The largest absolute Gasteiger partial charge is 0.345 e. The number of benzene rings is 1. The molecule has 0 amide bonds. The number of hydrogen-bond acceptors (Lipinski definition) is 1. The third kappa shape index (κ3) is 2.95. The van der Waals surface area contributed by atoms with Crippen molar-refractivity contribution in [1.82, 2.24) is 9.97 Å². The van der Waals surface area contributed by atoms with Crippen LogP contribution in [0.3, 0.4) is 0 Å². The zero-order valence-corrected chi connectivity index (χ0v) is 8.91. The summed E-state index contributed by atoms with van der Waals surface area (Å²) in [5, 5.41) is 0. The lowest BCUT2D eigenvalue weighted by Gasteiger charge is -1.90. The molecule has 0 spiro atoms. The predicted molar refractivity (Wildman–Crippen MR) is 66.3 cm³/mol. The second-order valence-electron chi connectivity index (χ2n) is 2.91. The quantitative estimate of drug-likeness (QED) is 0.657. The fourth-order valence-corrected chi connectivity index (χ4v) is 1.19. The number of nitrogens with zero attached hydrogens (tertiary/aromatic N) is 1. The SMILES string of the molecule is C#CC#CC#C.Cc1cccc2[nH]cnc12. The van der Waals surface area contributed by atoms with Gasteiger partial charge in [0.25, 0.3) is 0 Å². The number of imidazole rings is 1. The first kappa shape index (κ1) is 11.4. The van der Waals surface area contributed by atoms with Crippen LogP contribution in [0.4, 0.5) is 0 Å². The van der Waals surface area contributed by atoms with Crippen molar-refractivity contribution in [2.45, 2.75) is 6.92 Å². The predicted octanol–water partition coefficient (Wildman–Crippen LogP) is 2.13. The van der Waals surface area contributed by atoms with E-state index in [1.165, 1.54) is 5.56 Å². The summed E-state index contributed by atoms with van der Waals surface area (Å²) in [6.07, 6.45) is 11.1. The molecule has 0 unspecified atom stereocenters. The highest BCUT2D eigenvalue weighted by atomic mass is 14.9. The van der Waals surface area contributed by atoms with E-state index >= 15 is 0 Å². The number of H-pyrrole nitrogens is 1. The maximum absolute atomic E-state index is 4.70. The summed E-state index contributed by atoms with van der Waals surface area (Å²) in [5.41, 5.74) is 3.40. The van der Waals surface area contributed by atoms with Crippen LogP contribution in [0.2, 0.25) is 0 Å². The molecular weight excluding hydrogens is 196 g/mol. The number of nitrogens with one attached hydrogen (secondary N) is 1. The summed E-state index contributed by atoms with van der Waals surface area (Å²) >= 11 is 0. The molecule has 0 saturated carbocycles. The summed E-state index contributed by atoms with van der Waals surface area (Å²) in [7, 11) is 0. The first-order valence-electron chi connectivity index (χ1n) is 4.59. The van der Waals surface area contributed by atoms with Crippen LogP contribution in [0.1, 0.15) is 5.56 Å². The molecule has 2 rings (SSSR count). The van der Waals surface area contributed by atoms with E-state index < -0.39 is 0 Å². The summed E-state index contributed by atoms with van der Waals surface area (Å²) in [4.78, 5) is 7.21. The number of para-hydroxylation sites is 1. The molecule has 0 aliphatic rings. The molecule has 76 valence electrons. The number of aryl methyl sites for hydroxylation is 1. The van der Waals surface area contributed by atoms with E-state index in [1.807, 2.05) is 12.1 Å². The molecule has 0 aliphatic heterocycles. The van der Waals surface area contributed by atoms with Gasteiger partial charge in [-0.1, -0.05) is 12.1 Å². The fourth-order valence-electron chi connectivity index (χ4n) is 1.19. The van der Waals surface area contributed by atoms with Gasteiger partial charge in [-0.3, -0.25) is 0 Å². The van der Waals surface area contributed by atoms with Gasteiger partial charge in [-0.15, -0.1) is 12.8 Å². The van der Waals surface area contributed by atoms with E-state index in [9.17, 15) is 0 Å². The summed E-state index contributed by atoms with van der Waals surface area (Å²) in [5.74, 6) is 8.61. The van der Waals surface area contributed by atoms with Gasteiger partial charge >= 0.3 is 0 Å². The third-order valence-electron chi connectivity index (χ3n) is 1.86. The lowest BCUT2D eigenvalue weighted by atomic mass is 10.2. The van der Waals surface area contributed by atoms with Crippen LogP contribution in [0.25, 0.3) is 11.0 Å². The highest BCUT2D eigenvalue weighted by Crippen LogP contribution is 2.12. The van der Waals surface area contributed by atoms with Crippen molar-refractivity contribution in [2.75, 3.05) is 0 Å². The van der Waals surface area contributed by atoms with Crippen LogP contribution >= 0.6 is 0 Å². The molecule has 0 saturated heterocycles. The molecule has 1 N–H and O–H groups in total. The van der Waals surface area contributed by atoms with Crippen molar-refractivity contribution >= 4 is 11.0 Å². The lowest BCUT2D eigenvalue weighted by molar-refractivity contribution is 1.34. The van der Waals surface area contributed by atoms with Crippen LogP contribution in [0.15, 0.2) is 24.5 Å². The molecule has 0 fully saturated rings. The van der Waals surface area contributed by atoms with Gasteiger partial charge in [0.05, 0.1) is 17.4 Å². The van der Waals surface area contributed by atoms with Gasteiger partial charge < -0.3 is 4.98 Å². The van der Waals surface area contributed by atoms with Crippen molar-refractivity contribution in [2.24, 2.45) is 0 Å². The van der Waals surface area contributed by atoms with Gasteiger partial charge in [0.2, 0.25) is 0 Å². The normalized spacial score (nSPS) is 7.69. The number of terminal acetylenes is 2. The second kappa shape index (κ2) is 5.97. The van der Waals surface area contributed by atoms with Crippen molar-refractivity contribution < 1.29 is 0 Å². The van der Waals surface area contributed by atoms with Gasteiger partial charge in [-0.25, -0.2) is 4.98 Å². The Morgan fingerprint density at radius 1 is 1.19 bits per heavy atom. The minimum atomic E-state index is 1.07. The molecule has 1 aromatic carbocycles. The second-order valence-corrected chi connectivity index (χ2v) is 2.91. The van der Waals surface area contributed by atoms with Crippen molar-refractivity contribution in [3.63, 3.8) is 0 Å². The molecule has 16 heavy (non-hydrogen) atoms. The van der Waals surface area contributed by atoms with E-state index in [1.54, 1.807) is 6.33 Å². The zero-order valence-electron chi connectivity index (χ0n) is 8.91. The molecule has 0 radical (unpaired) electrons. The van der Waals surface area contributed by atoms with E-state index in [0.717, 1.165) is 11.0 Å². The Morgan fingerprint density at radius 3 is 2.44 bits per heavy atom. The average molecular weight is 206 g/mol. The minimum absolute atomic E-state index is 1.07. The molecule has 1 aromatic heterocycles. The maximum atomic E-state index is 4.70. The van der Waals surface area contributed by atoms with Crippen molar-refractivity contribution in [3.05, 3.63) is 30.1 Å². The van der Waals surface area contributed by atoms with Gasteiger partial charge in [-0.2, -0.15) is 0 Å². The lowest BCUT2D eigenvalue weighted by Crippen LogP contribution is -1.73. The van der Waals surface area contributed by atoms with Gasteiger partial charge in [0.1, 0.15) is 0 Å². The van der Waals surface area contributed by atoms with E-state index in [-0.39, 0.29) is 0 Å². The molecular formula is C14H10N2. The number of aromatic amines is 1. The number of hydrogen-bond donors (Lipinski definition) is 1. The minimum Gasteiger partial charge on any atom is -0.345 e. The standard InChI is InChI=1S/C8H8N2.C6H2/c1-6-3-2-4-7-8(6)10-5-9-7;1-3-5-6-4-2/h2-5H,1H3,(H,9,10);1-2H. The highest BCUT2D eigenvalue weighted by molar-refractivity contribution is 5.77. The van der Waals surface area contributed by atoms with Crippen LogP contribution in [0, 0.1) is 43.5 Å². The third-order valence-corrected chi connectivity index (χ3v) is 1.86. The molecule has 2 nitrogen and oxygen atoms in total. The molecule has 2 aromatic rings. The maximum Gasteiger partial charge on any atom is 0.0931 e. The number of fused-ring (bicyclic) bond motifs is 1. The first-order valence-corrected chi connectivity index (χ1v) is 4.59. The summed E-state index contributed by atoms with van der Waals surface area (Å²) < 4.78 is 0. The van der Waals surface area contributed by atoms with Gasteiger partial charge in [0, 0.05) is 0 Å². The van der Waals surface area contributed by atoms with Crippen LogP contribution in [-0.4, -0.2) is 9.97 Å². The van der Waals surface area contributed by atoms with Crippen LogP contribution in [-0.2, 0) is 0 Å². The molecule has 1 heterocycles. The number of aromatic nitrogens is 2. The smallest absolute Gasteiger partial charge is 0.0931 e. The average Bonchev–Trinajstić information content (AvgIpc) is 2.77. The van der Waals surface area contributed by atoms with E-state index in [4.69, 9.17) is 12.8 Å². The monoisotopic (exact) mass is 206 g/mol. The Bertz CT molecular complexity index is 592. The van der Waals surface area contributed by atoms with Gasteiger partial charge in [-0.05, 0) is 42.2 Å². The topological polar surface area (TPSA) is 28.7 Å². The van der Waals surface area contributed by atoms with Crippen LogP contribution in [0.5, 0.6) is 0 Å². The Morgan fingerprint density at radius 2 is 1.88 bits per heavy atom.